The van der Waals surface area contributed by atoms with Gasteiger partial charge in [0.05, 0.1) is 23.3 Å². The Labute approximate surface area is 118 Å². The minimum atomic E-state index is -0.692. The lowest BCUT2D eigenvalue weighted by atomic mass is 9.89. The number of carbonyl (C=O) groups is 1. The third-order valence-corrected chi connectivity index (χ3v) is 4.66. The molecule has 0 aromatic carbocycles. The molecule has 0 spiro atoms. The summed E-state index contributed by atoms with van der Waals surface area (Å²) < 4.78 is 2.02. The summed E-state index contributed by atoms with van der Waals surface area (Å²) in [7, 11) is 0. The molecule has 1 aliphatic heterocycles. The molecule has 1 saturated heterocycles. The van der Waals surface area contributed by atoms with Crippen LogP contribution in [0, 0.1) is 5.92 Å². The molecule has 3 rings (SSSR count). The lowest BCUT2D eigenvalue weighted by Gasteiger charge is -2.33. The number of carboxylic acids is 1. The first-order valence-electron chi connectivity index (χ1n) is 7.57. The van der Waals surface area contributed by atoms with E-state index in [2.05, 4.69) is 22.1 Å². The van der Waals surface area contributed by atoms with E-state index in [1.54, 1.807) is 0 Å². The van der Waals surface area contributed by atoms with Crippen molar-refractivity contribution in [1.29, 1.82) is 0 Å². The molecule has 0 radical (unpaired) electrons. The fourth-order valence-electron chi connectivity index (χ4n) is 3.42. The molecule has 2 heterocycles. The summed E-state index contributed by atoms with van der Waals surface area (Å²) in [5, 5.41) is 17.8. The largest absolute Gasteiger partial charge is 0.481 e. The Morgan fingerprint density at radius 3 is 3.05 bits per heavy atom. The summed E-state index contributed by atoms with van der Waals surface area (Å²) in [5.41, 5.74) is 2.07. The molecule has 1 aliphatic carbocycles. The molecular formula is C14H22N4O2. The normalized spacial score (nSPS) is 27.2. The van der Waals surface area contributed by atoms with Gasteiger partial charge in [-0.05, 0) is 38.8 Å². The van der Waals surface area contributed by atoms with Crippen LogP contribution in [0.2, 0.25) is 0 Å². The molecule has 20 heavy (non-hydrogen) atoms. The van der Waals surface area contributed by atoms with Crippen LogP contribution in [-0.4, -0.2) is 50.6 Å². The van der Waals surface area contributed by atoms with Crippen LogP contribution in [0.25, 0.3) is 0 Å². The zero-order chi connectivity index (χ0) is 14.1. The molecule has 0 amide bonds. The summed E-state index contributed by atoms with van der Waals surface area (Å²) in [6, 6.07) is 0.354. The van der Waals surface area contributed by atoms with Crippen molar-refractivity contribution in [2.45, 2.75) is 45.1 Å². The lowest BCUT2D eigenvalue weighted by Crippen LogP contribution is -2.37. The van der Waals surface area contributed by atoms with Crippen molar-refractivity contribution in [3.05, 3.63) is 11.4 Å². The van der Waals surface area contributed by atoms with E-state index in [-0.39, 0.29) is 5.92 Å². The molecule has 6 heteroatoms. The molecule has 1 aromatic rings. The fourth-order valence-corrected chi connectivity index (χ4v) is 3.42. The minimum absolute atomic E-state index is 0.273. The number of aryl methyl sites for hydroxylation is 1. The number of aromatic nitrogens is 3. The van der Waals surface area contributed by atoms with E-state index in [0.29, 0.717) is 18.9 Å². The van der Waals surface area contributed by atoms with Crippen molar-refractivity contribution in [3.8, 4) is 0 Å². The average molecular weight is 278 g/mol. The Hall–Kier alpha value is -1.43. The number of piperidine rings is 1. The zero-order valence-electron chi connectivity index (χ0n) is 12.0. The van der Waals surface area contributed by atoms with Crippen molar-refractivity contribution in [1.82, 2.24) is 19.9 Å². The van der Waals surface area contributed by atoms with Crippen LogP contribution >= 0.6 is 0 Å². The van der Waals surface area contributed by atoms with Crippen LogP contribution in [0.4, 0.5) is 0 Å². The predicted octanol–water partition coefficient (Wildman–Crippen LogP) is 1.12. The van der Waals surface area contributed by atoms with Gasteiger partial charge in [-0.25, -0.2) is 4.68 Å². The highest BCUT2D eigenvalue weighted by atomic mass is 16.4. The summed E-state index contributed by atoms with van der Waals surface area (Å²) >= 11 is 0. The van der Waals surface area contributed by atoms with Gasteiger partial charge in [0.15, 0.2) is 0 Å². The van der Waals surface area contributed by atoms with Crippen LogP contribution in [-0.2, 0) is 17.6 Å². The van der Waals surface area contributed by atoms with E-state index in [9.17, 15) is 9.90 Å². The Bertz CT molecular complexity index is 499. The highest BCUT2D eigenvalue weighted by molar-refractivity contribution is 5.70. The highest BCUT2D eigenvalue weighted by Gasteiger charge is 2.31. The van der Waals surface area contributed by atoms with E-state index in [4.69, 9.17) is 0 Å². The first-order valence-corrected chi connectivity index (χ1v) is 7.57. The van der Waals surface area contributed by atoms with Gasteiger partial charge in [-0.3, -0.25) is 4.79 Å². The van der Waals surface area contributed by atoms with Crippen LogP contribution < -0.4 is 0 Å². The number of hydrogen-bond donors (Lipinski definition) is 1. The number of nitrogens with zero attached hydrogens (tertiary/aromatic N) is 4. The Kier molecular flexibility index (Phi) is 3.74. The van der Waals surface area contributed by atoms with Gasteiger partial charge in [0.25, 0.3) is 0 Å². The van der Waals surface area contributed by atoms with E-state index in [1.807, 2.05) is 4.68 Å². The Morgan fingerprint density at radius 2 is 2.30 bits per heavy atom. The van der Waals surface area contributed by atoms with Gasteiger partial charge in [-0.2, -0.15) is 0 Å². The van der Waals surface area contributed by atoms with Crippen LogP contribution in [0.15, 0.2) is 0 Å². The number of aliphatic carboxylic acids is 1. The standard InChI is InChI=1S/C14H22N4O2/c1-2-17-7-3-4-11(9-17)18-13-8-10(14(19)20)5-6-12(13)15-16-18/h10-11H,2-9H2,1H3,(H,19,20)/t10-,11-/m1/s1. The van der Waals surface area contributed by atoms with E-state index < -0.39 is 5.97 Å². The van der Waals surface area contributed by atoms with Gasteiger partial charge in [0.1, 0.15) is 0 Å². The van der Waals surface area contributed by atoms with Crippen LogP contribution in [0.5, 0.6) is 0 Å². The first-order chi connectivity index (χ1) is 9.69. The van der Waals surface area contributed by atoms with Crippen LogP contribution in [0.1, 0.15) is 43.6 Å². The molecule has 110 valence electrons. The number of likely N-dealkylation sites (tertiary alicyclic amines) is 1. The lowest BCUT2D eigenvalue weighted by molar-refractivity contribution is -0.142. The molecule has 1 fully saturated rings. The maximum Gasteiger partial charge on any atom is 0.306 e. The molecular weight excluding hydrogens is 256 g/mol. The minimum Gasteiger partial charge on any atom is -0.481 e. The summed E-state index contributed by atoms with van der Waals surface area (Å²) in [5.74, 6) is -0.965. The molecule has 0 unspecified atom stereocenters. The van der Waals surface area contributed by atoms with Gasteiger partial charge in [-0.1, -0.05) is 12.1 Å². The van der Waals surface area contributed by atoms with Crippen molar-refractivity contribution in [2.75, 3.05) is 19.6 Å². The summed E-state index contributed by atoms with van der Waals surface area (Å²) in [4.78, 5) is 13.6. The summed E-state index contributed by atoms with van der Waals surface area (Å²) in [6.45, 7) is 5.40. The quantitative estimate of drug-likeness (QED) is 0.897. The molecule has 2 aliphatic rings. The highest BCUT2D eigenvalue weighted by Crippen LogP contribution is 2.29. The van der Waals surface area contributed by atoms with E-state index in [0.717, 1.165) is 43.9 Å². The van der Waals surface area contributed by atoms with Crippen molar-refractivity contribution >= 4 is 5.97 Å². The number of hydrogen-bond acceptors (Lipinski definition) is 4. The van der Waals surface area contributed by atoms with Gasteiger partial charge in [0.2, 0.25) is 0 Å². The Morgan fingerprint density at radius 1 is 1.45 bits per heavy atom. The second-order valence-electron chi connectivity index (χ2n) is 5.89. The van der Waals surface area contributed by atoms with E-state index >= 15 is 0 Å². The SMILES string of the molecule is CCN1CCC[C@@H](n2nnc3c2C[C@H](C(=O)O)CC3)C1. The van der Waals surface area contributed by atoms with Gasteiger partial charge in [-0.15, -0.1) is 5.10 Å². The average Bonchev–Trinajstić information content (AvgIpc) is 2.90. The first kappa shape index (κ1) is 13.5. The third-order valence-electron chi connectivity index (χ3n) is 4.66. The van der Waals surface area contributed by atoms with Crippen molar-refractivity contribution in [3.63, 3.8) is 0 Å². The second kappa shape index (κ2) is 5.52. The van der Waals surface area contributed by atoms with Crippen LogP contribution in [0.3, 0.4) is 0 Å². The number of rotatable bonds is 3. The predicted molar refractivity (Wildman–Crippen MR) is 73.6 cm³/mol. The third kappa shape index (κ3) is 2.44. The van der Waals surface area contributed by atoms with Crippen molar-refractivity contribution in [2.24, 2.45) is 5.92 Å². The monoisotopic (exact) mass is 278 g/mol. The maximum atomic E-state index is 11.2. The number of carboxylic acid groups (broad SMARTS) is 1. The van der Waals surface area contributed by atoms with Gasteiger partial charge in [0, 0.05) is 13.0 Å². The van der Waals surface area contributed by atoms with Gasteiger partial charge < -0.3 is 10.0 Å². The number of fused-ring (bicyclic) bond motifs is 1. The molecule has 6 nitrogen and oxygen atoms in total. The molecule has 1 aromatic heterocycles. The molecule has 0 saturated carbocycles. The fraction of sp³-hybridized carbons (Fsp3) is 0.786. The summed E-state index contributed by atoms with van der Waals surface area (Å²) in [6.07, 6.45) is 4.31. The smallest absolute Gasteiger partial charge is 0.306 e. The number of likely N-dealkylation sites (N-methyl/N-ethyl adjacent to an activating group) is 1. The van der Waals surface area contributed by atoms with E-state index in [1.165, 1.54) is 6.42 Å². The molecule has 0 bridgehead atoms. The Balaban J connectivity index is 1.81. The van der Waals surface area contributed by atoms with Crippen molar-refractivity contribution < 1.29 is 9.90 Å². The topological polar surface area (TPSA) is 71.2 Å². The molecule has 2 atom stereocenters. The maximum absolute atomic E-state index is 11.2. The second-order valence-corrected chi connectivity index (χ2v) is 5.89. The van der Waals surface area contributed by atoms with Gasteiger partial charge >= 0.3 is 5.97 Å². The molecule has 1 N–H and O–H groups in total. The zero-order valence-corrected chi connectivity index (χ0v) is 12.0.